The molecule has 1 aliphatic heterocycles. The molecule has 0 spiro atoms. The van der Waals surface area contributed by atoms with Crippen molar-refractivity contribution >= 4 is 16.3 Å². The van der Waals surface area contributed by atoms with Gasteiger partial charge in [-0.2, -0.15) is 18.2 Å². The fourth-order valence-corrected chi connectivity index (χ4v) is 3.83. The number of hydroxylamine groups is 1. The zero-order valence-corrected chi connectivity index (χ0v) is 16.7. The van der Waals surface area contributed by atoms with Gasteiger partial charge in [-0.1, -0.05) is 13.3 Å². The Labute approximate surface area is 151 Å². The van der Waals surface area contributed by atoms with Crippen LogP contribution in [0.25, 0.3) is 0 Å². The number of rotatable bonds is 9. The minimum Gasteiger partial charge on any atom is -0.350 e. The lowest BCUT2D eigenvalue weighted by molar-refractivity contribution is -0.125. The van der Waals surface area contributed by atoms with Gasteiger partial charge in [-0.05, 0) is 52.9 Å². The van der Waals surface area contributed by atoms with E-state index in [2.05, 4.69) is 33.8 Å². The molecule has 1 rings (SSSR count). The Bertz CT molecular complexity index is 528. The lowest BCUT2D eigenvalue weighted by Gasteiger charge is -2.39. The molecule has 1 heterocycles. The molecule has 0 aromatic heterocycles. The Balaban J connectivity index is 2.43. The predicted octanol–water partition coefficient (Wildman–Crippen LogP) is 1.49. The van der Waals surface area contributed by atoms with E-state index in [1.807, 2.05) is 20.8 Å². The van der Waals surface area contributed by atoms with Crippen LogP contribution >= 0.6 is 0 Å². The summed E-state index contributed by atoms with van der Waals surface area (Å²) in [6, 6.07) is 0.830. The van der Waals surface area contributed by atoms with Gasteiger partial charge in [-0.25, -0.2) is 0 Å². The van der Waals surface area contributed by atoms with E-state index in [4.69, 9.17) is 4.55 Å². The molecule has 1 aliphatic rings. The summed E-state index contributed by atoms with van der Waals surface area (Å²) >= 11 is 0. The molecule has 0 aromatic carbocycles. The standard InChI is InChI=1S/C16H33N3O5S/c1-12(10-17-24-25(21,22)23)9-16(4,5)18-15(20)11-19-13(2)7-6-8-14(19)3/h12-14,17H,6-11H2,1-5H3,(H,18,20)(H,21,22,23). The average Bonchev–Trinajstić information content (AvgIpc) is 2.40. The number of piperidine rings is 1. The molecule has 1 saturated heterocycles. The summed E-state index contributed by atoms with van der Waals surface area (Å²) in [6.07, 6.45) is 4.09. The van der Waals surface area contributed by atoms with Gasteiger partial charge in [0.25, 0.3) is 0 Å². The van der Waals surface area contributed by atoms with Crippen molar-refractivity contribution in [3.8, 4) is 0 Å². The second kappa shape index (κ2) is 9.27. The number of nitrogens with zero attached hydrogens (tertiary/aromatic N) is 1. The van der Waals surface area contributed by atoms with Crippen molar-refractivity contribution in [1.82, 2.24) is 15.7 Å². The van der Waals surface area contributed by atoms with Crippen LogP contribution in [0.3, 0.4) is 0 Å². The van der Waals surface area contributed by atoms with Gasteiger partial charge in [0.2, 0.25) is 5.91 Å². The first-order valence-electron chi connectivity index (χ1n) is 8.85. The maximum Gasteiger partial charge on any atom is 0.413 e. The van der Waals surface area contributed by atoms with Crippen LogP contribution in [0.15, 0.2) is 0 Å². The monoisotopic (exact) mass is 379 g/mol. The fourth-order valence-electron chi connectivity index (χ4n) is 3.61. The Morgan fingerprint density at radius 3 is 2.40 bits per heavy atom. The molecule has 25 heavy (non-hydrogen) atoms. The third kappa shape index (κ3) is 8.96. The summed E-state index contributed by atoms with van der Waals surface area (Å²) in [5.41, 5.74) is 1.79. The van der Waals surface area contributed by atoms with Gasteiger partial charge < -0.3 is 5.32 Å². The molecule has 3 atom stereocenters. The first kappa shape index (κ1) is 22.3. The molecule has 8 nitrogen and oxygen atoms in total. The Hall–Kier alpha value is -0.740. The van der Waals surface area contributed by atoms with Gasteiger partial charge in [-0.15, -0.1) is 0 Å². The van der Waals surface area contributed by atoms with Crippen LogP contribution in [0.4, 0.5) is 0 Å². The van der Waals surface area contributed by atoms with Gasteiger partial charge in [0.05, 0.1) is 6.54 Å². The largest absolute Gasteiger partial charge is 0.413 e. The third-order valence-electron chi connectivity index (χ3n) is 4.63. The van der Waals surface area contributed by atoms with E-state index in [1.165, 1.54) is 6.42 Å². The van der Waals surface area contributed by atoms with Crippen LogP contribution in [-0.2, 0) is 19.5 Å². The summed E-state index contributed by atoms with van der Waals surface area (Å²) in [5.74, 6) is 0.0322. The van der Waals surface area contributed by atoms with E-state index in [0.29, 0.717) is 25.0 Å². The van der Waals surface area contributed by atoms with Crippen molar-refractivity contribution in [2.75, 3.05) is 13.1 Å². The van der Waals surface area contributed by atoms with E-state index in [0.717, 1.165) is 12.8 Å². The second-order valence-corrected chi connectivity index (χ2v) is 8.92. The number of likely N-dealkylation sites (tertiary alicyclic amines) is 1. The maximum absolute atomic E-state index is 12.4. The highest BCUT2D eigenvalue weighted by molar-refractivity contribution is 7.80. The van der Waals surface area contributed by atoms with Gasteiger partial charge in [-0.3, -0.25) is 14.2 Å². The first-order chi connectivity index (χ1) is 11.4. The maximum atomic E-state index is 12.4. The van der Waals surface area contributed by atoms with Crippen molar-refractivity contribution < 1.29 is 22.0 Å². The molecule has 1 fully saturated rings. The van der Waals surface area contributed by atoms with Crippen molar-refractivity contribution in [3.63, 3.8) is 0 Å². The highest BCUT2D eigenvalue weighted by Gasteiger charge is 2.29. The van der Waals surface area contributed by atoms with Crippen LogP contribution in [0, 0.1) is 5.92 Å². The number of hydrogen-bond donors (Lipinski definition) is 3. The minimum absolute atomic E-state index is 0.0000508. The Morgan fingerprint density at radius 1 is 1.32 bits per heavy atom. The Kier molecular flexibility index (Phi) is 8.27. The molecule has 3 unspecified atom stereocenters. The first-order valence-corrected chi connectivity index (χ1v) is 10.2. The van der Waals surface area contributed by atoms with E-state index in [9.17, 15) is 13.2 Å². The zero-order chi connectivity index (χ0) is 19.3. The van der Waals surface area contributed by atoms with Crippen LogP contribution in [0.1, 0.15) is 60.3 Å². The third-order valence-corrected chi connectivity index (χ3v) is 4.96. The zero-order valence-electron chi connectivity index (χ0n) is 15.9. The summed E-state index contributed by atoms with van der Waals surface area (Å²) in [7, 11) is -4.50. The highest BCUT2D eigenvalue weighted by Crippen LogP contribution is 2.22. The SMILES string of the molecule is CC(CNOS(=O)(=O)O)CC(C)(C)NC(=O)CN1C(C)CCCC1C. The minimum atomic E-state index is -4.50. The van der Waals surface area contributed by atoms with Gasteiger partial charge in [0.15, 0.2) is 0 Å². The highest BCUT2D eigenvalue weighted by atomic mass is 32.3. The van der Waals surface area contributed by atoms with Crippen LogP contribution < -0.4 is 10.8 Å². The summed E-state index contributed by atoms with van der Waals surface area (Å²) in [5, 5.41) is 3.07. The van der Waals surface area contributed by atoms with Crippen LogP contribution in [-0.4, -0.2) is 54.5 Å². The second-order valence-electron chi connectivity index (χ2n) is 7.90. The summed E-state index contributed by atoms with van der Waals surface area (Å²) in [4.78, 5) is 14.7. The molecule has 3 N–H and O–H groups in total. The molecular formula is C16H33N3O5S. The van der Waals surface area contributed by atoms with E-state index in [-0.39, 0.29) is 18.4 Å². The number of nitrogens with one attached hydrogen (secondary N) is 2. The molecule has 0 saturated carbocycles. The smallest absolute Gasteiger partial charge is 0.350 e. The van der Waals surface area contributed by atoms with E-state index in [1.54, 1.807) is 0 Å². The van der Waals surface area contributed by atoms with E-state index < -0.39 is 15.9 Å². The quantitative estimate of drug-likeness (QED) is 0.411. The molecule has 9 heteroatoms. The molecule has 0 radical (unpaired) electrons. The molecule has 1 amide bonds. The number of hydrogen-bond acceptors (Lipinski definition) is 6. The lowest BCUT2D eigenvalue weighted by atomic mass is 9.91. The van der Waals surface area contributed by atoms with Crippen molar-refractivity contribution in [2.24, 2.45) is 5.92 Å². The Morgan fingerprint density at radius 2 is 1.88 bits per heavy atom. The van der Waals surface area contributed by atoms with Gasteiger partial charge in [0, 0.05) is 24.2 Å². The summed E-state index contributed by atoms with van der Waals surface area (Å²) in [6.45, 7) is 10.7. The fraction of sp³-hybridized carbons (Fsp3) is 0.938. The van der Waals surface area contributed by atoms with Crippen LogP contribution in [0.5, 0.6) is 0 Å². The molecular weight excluding hydrogens is 346 g/mol. The van der Waals surface area contributed by atoms with E-state index >= 15 is 0 Å². The van der Waals surface area contributed by atoms with Crippen molar-refractivity contribution in [1.29, 1.82) is 0 Å². The number of carbonyl (C=O) groups excluding carboxylic acids is 1. The average molecular weight is 380 g/mol. The predicted molar refractivity (Wildman–Crippen MR) is 96.1 cm³/mol. The normalized spacial score (nSPS) is 24.1. The van der Waals surface area contributed by atoms with Crippen LogP contribution in [0.2, 0.25) is 0 Å². The number of carbonyl (C=O) groups is 1. The lowest BCUT2D eigenvalue weighted by Crippen LogP contribution is -2.53. The van der Waals surface area contributed by atoms with Gasteiger partial charge in [0.1, 0.15) is 0 Å². The topological polar surface area (TPSA) is 108 Å². The molecule has 0 aromatic rings. The van der Waals surface area contributed by atoms with Crippen molar-refractivity contribution in [2.45, 2.75) is 77.9 Å². The van der Waals surface area contributed by atoms with Gasteiger partial charge >= 0.3 is 10.4 Å². The molecule has 0 aliphatic carbocycles. The number of amides is 1. The van der Waals surface area contributed by atoms with Crippen molar-refractivity contribution in [3.05, 3.63) is 0 Å². The molecule has 148 valence electrons. The summed E-state index contributed by atoms with van der Waals surface area (Å²) < 4.78 is 33.6. The molecule has 0 bridgehead atoms.